The number of amides is 1. The summed E-state index contributed by atoms with van der Waals surface area (Å²) in [6.07, 6.45) is 1.93. The summed E-state index contributed by atoms with van der Waals surface area (Å²) in [6.45, 7) is 5.87. The number of hydrogen-bond acceptors (Lipinski definition) is 6. The Morgan fingerprint density at radius 2 is 2.08 bits per heavy atom. The molecule has 2 aromatic rings. The number of nitrogens with zero attached hydrogens (tertiary/aromatic N) is 2. The molecule has 8 nitrogen and oxygen atoms in total. The minimum Gasteiger partial charge on any atom is -0.481 e. The van der Waals surface area contributed by atoms with Gasteiger partial charge in [0, 0.05) is 11.1 Å². The molecule has 2 N–H and O–H groups in total. The van der Waals surface area contributed by atoms with Crippen LogP contribution in [0.3, 0.4) is 0 Å². The Morgan fingerprint density at radius 1 is 1.35 bits per heavy atom. The molecule has 140 valence electrons. The minimum atomic E-state index is -0.974. The molecule has 0 aliphatic carbocycles. The van der Waals surface area contributed by atoms with Crippen molar-refractivity contribution in [1.82, 2.24) is 9.78 Å². The SMILES string of the molecule is CCOC(=O)c1c(NC(=O)c2ccnn2CCC(=O)O)sc(C)c1CC. The highest BCUT2D eigenvalue weighted by atomic mass is 32.1. The fourth-order valence-corrected chi connectivity index (χ4v) is 3.71. The van der Waals surface area contributed by atoms with Crippen molar-refractivity contribution in [3.05, 3.63) is 34.0 Å². The maximum atomic E-state index is 12.6. The van der Waals surface area contributed by atoms with Gasteiger partial charge in [-0.2, -0.15) is 5.10 Å². The van der Waals surface area contributed by atoms with E-state index in [1.165, 1.54) is 28.3 Å². The van der Waals surface area contributed by atoms with Crippen molar-refractivity contribution in [3.63, 3.8) is 0 Å². The van der Waals surface area contributed by atoms with Gasteiger partial charge in [-0.05, 0) is 31.9 Å². The van der Waals surface area contributed by atoms with Gasteiger partial charge < -0.3 is 15.2 Å². The third-order valence-electron chi connectivity index (χ3n) is 3.76. The average molecular weight is 379 g/mol. The number of carboxylic acid groups (broad SMARTS) is 1. The zero-order valence-electron chi connectivity index (χ0n) is 14.9. The van der Waals surface area contributed by atoms with Crippen LogP contribution in [0.15, 0.2) is 12.3 Å². The fraction of sp³-hybridized carbons (Fsp3) is 0.412. The molecule has 1 amide bonds. The van der Waals surface area contributed by atoms with Crippen LogP contribution >= 0.6 is 11.3 Å². The number of anilines is 1. The molecule has 0 unspecified atom stereocenters. The maximum absolute atomic E-state index is 12.6. The van der Waals surface area contributed by atoms with Gasteiger partial charge in [0.25, 0.3) is 5.91 Å². The Kier molecular flexibility index (Phi) is 6.51. The number of aliphatic carboxylic acids is 1. The standard InChI is InChI=1S/C17H21N3O5S/c1-4-11-10(3)26-16(14(11)17(24)25-5-2)19-15(23)12-6-8-18-20(12)9-7-13(21)22/h6,8H,4-5,7,9H2,1-3H3,(H,19,23)(H,21,22). The van der Waals surface area contributed by atoms with E-state index in [1.807, 2.05) is 13.8 Å². The van der Waals surface area contributed by atoms with E-state index in [9.17, 15) is 14.4 Å². The number of hydrogen-bond donors (Lipinski definition) is 2. The van der Waals surface area contributed by atoms with Crippen molar-refractivity contribution in [2.75, 3.05) is 11.9 Å². The van der Waals surface area contributed by atoms with Crippen molar-refractivity contribution in [2.24, 2.45) is 0 Å². The van der Waals surface area contributed by atoms with Gasteiger partial charge in [-0.1, -0.05) is 6.92 Å². The highest BCUT2D eigenvalue weighted by Gasteiger charge is 2.24. The van der Waals surface area contributed by atoms with Gasteiger partial charge in [-0.15, -0.1) is 11.3 Å². The number of carboxylic acids is 1. The molecule has 0 saturated carbocycles. The molecular formula is C17H21N3O5S. The Bertz CT molecular complexity index is 824. The lowest BCUT2D eigenvalue weighted by molar-refractivity contribution is -0.137. The monoisotopic (exact) mass is 379 g/mol. The molecule has 2 rings (SSSR count). The van der Waals surface area contributed by atoms with Crippen LogP contribution in [0.25, 0.3) is 0 Å². The van der Waals surface area contributed by atoms with Crippen LogP contribution in [0.5, 0.6) is 0 Å². The lowest BCUT2D eigenvalue weighted by atomic mass is 10.1. The molecule has 0 aromatic carbocycles. The molecule has 0 radical (unpaired) electrons. The number of rotatable bonds is 8. The van der Waals surface area contributed by atoms with E-state index in [0.717, 1.165) is 10.4 Å². The fourth-order valence-electron chi connectivity index (χ4n) is 2.58. The third-order valence-corrected chi connectivity index (χ3v) is 4.82. The summed E-state index contributed by atoms with van der Waals surface area (Å²) >= 11 is 1.31. The first-order chi connectivity index (χ1) is 12.4. The van der Waals surface area contributed by atoms with Gasteiger partial charge in [-0.3, -0.25) is 14.3 Å². The number of aryl methyl sites for hydroxylation is 2. The molecule has 0 aliphatic rings. The molecule has 0 saturated heterocycles. The number of thiophene rings is 1. The van der Waals surface area contributed by atoms with Gasteiger partial charge in [0.2, 0.25) is 0 Å². The summed E-state index contributed by atoms with van der Waals surface area (Å²) in [5, 5.41) is 15.9. The Labute approximate surface area is 154 Å². The molecule has 0 fully saturated rings. The van der Waals surface area contributed by atoms with Gasteiger partial charge in [0.15, 0.2) is 0 Å². The Morgan fingerprint density at radius 3 is 2.69 bits per heavy atom. The summed E-state index contributed by atoms with van der Waals surface area (Å²) in [7, 11) is 0. The first kappa shape index (κ1) is 19.6. The molecular weight excluding hydrogens is 358 g/mol. The molecule has 0 bridgehead atoms. The molecule has 2 aromatic heterocycles. The molecule has 0 spiro atoms. The number of ether oxygens (including phenoxy) is 1. The number of nitrogens with one attached hydrogen (secondary N) is 1. The zero-order chi connectivity index (χ0) is 19.3. The first-order valence-corrected chi connectivity index (χ1v) is 9.04. The Balaban J connectivity index is 2.28. The number of esters is 1. The summed E-state index contributed by atoms with van der Waals surface area (Å²) in [4.78, 5) is 36.6. The second kappa shape index (κ2) is 8.61. The van der Waals surface area contributed by atoms with Gasteiger partial charge in [0.05, 0.1) is 25.1 Å². The lowest BCUT2D eigenvalue weighted by Crippen LogP contribution is -2.20. The molecule has 9 heteroatoms. The maximum Gasteiger partial charge on any atom is 0.341 e. The summed E-state index contributed by atoms with van der Waals surface area (Å²) < 4.78 is 6.45. The molecule has 0 atom stereocenters. The third kappa shape index (κ3) is 4.29. The van der Waals surface area contributed by atoms with E-state index in [0.29, 0.717) is 17.0 Å². The zero-order valence-corrected chi connectivity index (χ0v) is 15.7. The molecule has 0 aliphatic heterocycles. The van der Waals surface area contributed by atoms with Gasteiger partial charge in [0.1, 0.15) is 10.7 Å². The van der Waals surface area contributed by atoms with E-state index in [1.54, 1.807) is 6.92 Å². The van der Waals surface area contributed by atoms with Crippen LogP contribution in [-0.4, -0.2) is 39.3 Å². The van der Waals surface area contributed by atoms with Crippen molar-refractivity contribution in [3.8, 4) is 0 Å². The van der Waals surface area contributed by atoms with Crippen molar-refractivity contribution < 1.29 is 24.2 Å². The van der Waals surface area contributed by atoms with Gasteiger partial charge in [-0.25, -0.2) is 4.79 Å². The summed E-state index contributed by atoms with van der Waals surface area (Å²) in [5.74, 6) is -1.90. The van der Waals surface area contributed by atoms with Crippen LogP contribution in [0.4, 0.5) is 5.00 Å². The summed E-state index contributed by atoms with van der Waals surface area (Å²) in [6, 6.07) is 1.50. The highest BCUT2D eigenvalue weighted by Crippen LogP contribution is 2.34. The lowest BCUT2D eigenvalue weighted by Gasteiger charge is -2.09. The first-order valence-electron chi connectivity index (χ1n) is 8.23. The number of aromatic nitrogens is 2. The predicted octanol–water partition coefficient (Wildman–Crippen LogP) is 2.72. The van der Waals surface area contributed by atoms with E-state index >= 15 is 0 Å². The van der Waals surface area contributed by atoms with Crippen molar-refractivity contribution in [1.29, 1.82) is 0 Å². The number of carbonyl (C=O) groups is 3. The van der Waals surface area contributed by atoms with Crippen LogP contribution in [0.1, 0.15) is 51.6 Å². The average Bonchev–Trinajstić information content (AvgIpc) is 3.16. The smallest absolute Gasteiger partial charge is 0.341 e. The van der Waals surface area contributed by atoms with Crippen LogP contribution < -0.4 is 5.32 Å². The number of carbonyl (C=O) groups excluding carboxylic acids is 2. The van der Waals surface area contributed by atoms with Crippen LogP contribution in [0.2, 0.25) is 0 Å². The van der Waals surface area contributed by atoms with E-state index in [2.05, 4.69) is 10.4 Å². The predicted molar refractivity (Wildman–Crippen MR) is 96.8 cm³/mol. The highest BCUT2D eigenvalue weighted by molar-refractivity contribution is 7.16. The van der Waals surface area contributed by atoms with Crippen LogP contribution in [0, 0.1) is 6.92 Å². The van der Waals surface area contributed by atoms with E-state index in [4.69, 9.17) is 9.84 Å². The van der Waals surface area contributed by atoms with E-state index < -0.39 is 17.8 Å². The van der Waals surface area contributed by atoms with E-state index in [-0.39, 0.29) is 25.3 Å². The summed E-state index contributed by atoms with van der Waals surface area (Å²) in [5.41, 5.74) is 1.45. The van der Waals surface area contributed by atoms with Crippen LogP contribution in [-0.2, 0) is 22.5 Å². The second-order valence-corrected chi connectivity index (χ2v) is 6.68. The second-order valence-electron chi connectivity index (χ2n) is 5.45. The normalized spacial score (nSPS) is 10.6. The topological polar surface area (TPSA) is 111 Å². The quantitative estimate of drug-likeness (QED) is 0.682. The van der Waals surface area contributed by atoms with Gasteiger partial charge >= 0.3 is 11.9 Å². The van der Waals surface area contributed by atoms with Crippen molar-refractivity contribution >= 4 is 34.2 Å². The largest absolute Gasteiger partial charge is 0.481 e. The Hall–Kier alpha value is -2.68. The minimum absolute atomic E-state index is 0.0828. The van der Waals surface area contributed by atoms with Crippen molar-refractivity contribution in [2.45, 2.75) is 40.2 Å². The molecule has 2 heterocycles. The molecule has 26 heavy (non-hydrogen) atoms.